The van der Waals surface area contributed by atoms with E-state index < -0.39 is 28.9 Å². The second-order valence-corrected chi connectivity index (χ2v) is 15.3. The monoisotopic (exact) mass is 613 g/mol. The van der Waals surface area contributed by atoms with E-state index in [1.54, 1.807) is 12.3 Å². The minimum absolute atomic E-state index is 0.0649. The maximum Gasteiger partial charge on any atom is 0.425 e. The van der Waals surface area contributed by atoms with Gasteiger partial charge in [-0.05, 0) is 78.7 Å². The fraction of sp³-hybridized carbons (Fsp3) is 0.727. The van der Waals surface area contributed by atoms with E-state index in [1.165, 1.54) is 6.42 Å². The van der Waals surface area contributed by atoms with Gasteiger partial charge in [0.2, 0.25) is 0 Å². The van der Waals surface area contributed by atoms with Crippen LogP contribution < -0.4 is 0 Å². The number of hydrogen-bond acceptors (Lipinski definition) is 5. The van der Waals surface area contributed by atoms with E-state index in [0.29, 0.717) is 16.7 Å². The molecular formula is C33H50F3NO2S2. The van der Waals surface area contributed by atoms with Gasteiger partial charge in [-0.15, -0.1) is 11.3 Å². The smallest absolute Gasteiger partial charge is 0.388 e. The predicted molar refractivity (Wildman–Crippen MR) is 167 cm³/mol. The Bertz CT molecular complexity index is 1200. The lowest BCUT2D eigenvalue weighted by Gasteiger charge is -2.39. The summed E-state index contributed by atoms with van der Waals surface area (Å²) in [4.78, 5) is 5.04. The molecule has 1 aliphatic heterocycles. The van der Waals surface area contributed by atoms with Crippen molar-refractivity contribution in [2.24, 2.45) is 16.7 Å². The van der Waals surface area contributed by atoms with Gasteiger partial charge in [-0.3, -0.25) is 4.98 Å². The van der Waals surface area contributed by atoms with Gasteiger partial charge in [0.05, 0.1) is 11.7 Å². The summed E-state index contributed by atoms with van der Waals surface area (Å²) in [5.41, 5.74) is 4.56. The fourth-order valence-electron chi connectivity index (χ4n) is 6.36. The van der Waals surface area contributed by atoms with Crippen molar-refractivity contribution < 1.29 is 23.0 Å². The third-order valence-electron chi connectivity index (χ3n) is 8.87. The van der Waals surface area contributed by atoms with Crippen molar-refractivity contribution in [2.45, 2.75) is 131 Å². The third kappa shape index (κ3) is 7.02. The Balaban J connectivity index is 0.000000515. The molecule has 1 saturated carbocycles. The Labute approximate surface area is 255 Å². The molecule has 1 N–H and O–H groups in total. The van der Waals surface area contributed by atoms with Gasteiger partial charge in [0.15, 0.2) is 0 Å². The van der Waals surface area contributed by atoms with Crippen molar-refractivity contribution in [2.75, 3.05) is 6.26 Å². The van der Waals surface area contributed by atoms with Crippen LogP contribution in [0.4, 0.5) is 13.2 Å². The number of aromatic nitrogens is 1. The van der Waals surface area contributed by atoms with E-state index in [1.807, 2.05) is 0 Å². The average molecular weight is 614 g/mol. The largest absolute Gasteiger partial charge is 0.425 e. The van der Waals surface area contributed by atoms with Gasteiger partial charge < -0.3 is 9.84 Å². The molecule has 0 radical (unpaired) electrons. The molecule has 0 aromatic carbocycles. The number of halogens is 3. The van der Waals surface area contributed by atoms with Crippen LogP contribution in [0.3, 0.4) is 0 Å². The molecule has 0 bridgehead atoms. The molecule has 5 rings (SSSR count). The highest BCUT2D eigenvalue weighted by atomic mass is 32.1. The third-order valence-corrected chi connectivity index (χ3v) is 10.0. The normalized spacial score (nSPS) is 26.7. The maximum absolute atomic E-state index is 13.4. The Morgan fingerprint density at radius 3 is 2.22 bits per heavy atom. The Morgan fingerprint density at radius 2 is 1.76 bits per heavy atom. The van der Waals surface area contributed by atoms with Gasteiger partial charge in [0.25, 0.3) is 0 Å². The lowest BCUT2D eigenvalue weighted by molar-refractivity contribution is -0.134. The van der Waals surface area contributed by atoms with E-state index >= 15 is 0 Å². The van der Waals surface area contributed by atoms with E-state index in [2.05, 4.69) is 74.9 Å². The minimum atomic E-state index is -4.38. The number of alkyl halides is 3. The van der Waals surface area contributed by atoms with Crippen LogP contribution in [-0.4, -0.2) is 16.3 Å². The zero-order valence-electron chi connectivity index (χ0n) is 26.5. The molecule has 0 amide bonds. The van der Waals surface area contributed by atoms with Crippen molar-refractivity contribution in [3.63, 3.8) is 0 Å². The number of ether oxygens (including phenoxy) is 1. The number of pyridine rings is 1. The van der Waals surface area contributed by atoms with Crippen molar-refractivity contribution in [1.29, 1.82) is 0 Å². The number of aliphatic hydroxyl groups excluding tert-OH is 1. The Hall–Kier alpha value is -1.09. The van der Waals surface area contributed by atoms with Gasteiger partial charge in [-0.25, -0.2) is 0 Å². The number of thiophene rings is 1. The van der Waals surface area contributed by atoms with E-state index in [4.69, 9.17) is 9.72 Å². The van der Waals surface area contributed by atoms with Crippen LogP contribution in [0, 0.1) is 16.7 Å². The molecule has 8 heteroatoms. The molecule has 4 unspecified atom stereocenters. The standard InChI is InChI=1S/C26H32F3NO2S.C6H14.CH4S/c1-13(2)22-20-21(19-15(30-22)11-24(4,5)12-16(19)31)25(10-6-7-14(25)3)32-23(20)17-8-9-18(33-17)26(27,28)29;1-5-6(2,3)4;1-2/h8-9,13-14,16,23,31H,6-7,10-12H2,1-5H3;5H2,1-4H3;2H,1H3. The summed E-state index contributed by atoms with van der Waals surface area (Å²) < 4.78 is 47.1. The SMILES string of the molecule is CC(C)c1nc2c(c3c1C(c1ccc(C(F)(F)F)s1)OC31CCCC1C)C(O)CC(C)(C)C2.CCC(C)(C)C.CS. The first-order valence-corrected chi connectivity index (χ1v) is 16.7. The van der Waals surface area contributed by atoms with E-state index in [0.717, 1.165) is 71.2 Å². The molecule has 2 aromatic rings. The zero-order valence-corrected chi connectivity index (χ0v) is 28.2. The average Bonchev–Trinajstić information content (AvgIpc) is 3.57. The molecular weight excluding hydrogens is 563 g/mol. The van der Waals surface area contributed by atoms with E-state index in [9.17, 15) is 18.3 Å². The molecule has 232 valence electrons. The van der Waals surface area contributed by atoms with Crippen LogP contribution in [0.5, 0.6) is 0 Å². The molecule has 0 saturated heterocycles. The maximum atomic E-state index is 13.4. The highest BCUT2D eigenvalue weighted by Gasteiger charge is 2.56. The lowest BCUT2D eigenvalue weighted by Crippen LogP contribution is -2.34. The summed E-state index contributed by atoms with van der Waals surface area (Å²) in [5, 5.41) is 11.3. The number of hydrogen-bond donors (Lipinski definition) is 2. The molecule has 3 heterocycles. The van der Waals surface area contributed by atoms with Crippen LogP contribution in [0.1, 0.15) is 150 Å². The van der Waals surface area contributed by atoms with Gasteiger partial charge in [0, 0.05) is 27.4 Å². The summed E-state index contributed by atoms with van der Waals surface area (Å²) in [6, 6.07) is 2.72. The first kappa shape index (κ1) is 34.4. The Morgan fingerprint density at radius 1 is 1.15 bits per heavy atom. The predicted octanol–water partition coefficient (Wildman–Crippen LogP) is 10.4. The number of aliphatic hydroxyl groups is 1. The summed E-state index contributed by atoms with van der Waals surface area (Å²) >= 11 is 4.29. The molecule has 3 aliphatic rings. The molecule has 3 nitrogen and oxygen atoms in total. The highest BCUT2D eigenvalue weighted by molar-refractivity contribution is 7.79. The number of nitrogens with zero attached hydrogens (tertiary/aromatic N) is 1. The zero-order chi connectivity index (χ0) is 31.1. The van der Waals surface area contributed by atoms with Crippen LogP contribution in [0.25, 0.3) is 0 Å². The highest BCUT2D eigenvalue weighted by Crippen LogP contribution is 2.62. The van der Waals surface area contributed by atoms with Crippen molar-refractivity contribution in [1.82, 2.24) is 4.98 Å². The quantitative estimate of drug-likeness (QED) is 0.331. The second-order valence-electron chi connectivity index (χ2n) is 14.2. The summed E-state index contributed by atoms with van der Waals surface area (Å²) in [7, 11) is 0. The molecule has 2 aliphatic carbocycles. The second kappa shape index (κ2) is 12.5. The number of rotatable bonds is 2. The Kier molecular flexibility index (Phi) is 10.5. The lowest BCUT2D eigenvalue weighted by atomic mass is 9.69. The van der Waals surface area contributed by atoms with Crippen molar-refractivity contribution >= 4 is 24.0 Å². The van der Waals surface area contributed by atoms with Crippen molar-refractivity contribution in [3.8, 4) is 0 Å². The van der Waals surface area contributed by atoms with Gasteiger partial charge >= 0.3 is 6.18 Å². The number of thiol groups is 1. The van der Waals surface area contributed by atoms with Crippen molar-refractivity contribution in [3.05, 3.63) is 50.0 Å². The van der Waals surface area contributed by atoms with Crippen LogP contribution in [-0.2, 0) is 22.9 Å². The molecule has 4 atom stereocenters. The van der Waals surface area contributed by atoms with Gasteiger partial charge in [0.1, 0.15) is 11.0 Å². The van der Waals surface area contributed by atoms with E-state index in [-0.39, 0.29) is 17.3 Å². The van der Waals surface area contributed by atoms with Gasteiger partial charge in [-0.1, -0.05) is 68.7 Å². The van der Waals surface area contributed by atoms with Crippen LogP contribution in [0.2, 0.25) is 0 Å². The molecule has 41 heavy (non-hydrogen) atoms. The first-order chi connectivity index (χ1) is 18.9. The molecule has 1 spiro atoms. The first-order valence-electron chi connectivity index (χ1n) is 14.9. The summed E-state index contributed by atoms with van der Waals surface area (Å²) in [6.45, 7) is 19.6. The fourth-order valence-corrected chi connectivity index (χ4v) is 7.28. The van der Waals surface area contributed by atoms with Gasteiger partial charge in [-0.2, -0.15) is 25.8 Å². The minimum Gasteiger partial charge on any atom is -0.388 e. The summed E-state index contributed by atoms with van der Waals surface area (Å²) in [6.07, 6.45) is 1.60. The topological polar surface area (TPSA) is 42.4 Å². The van der Waals surface area contributed by atoms with Crippen LogP contribution >= 0.6 is 24.0 Å². The summed E-state index contributed by atoms with van der Waals surface area (Å²) in [5.74, 6) is 0.309. The molecule has 2 aromatic heterocycles. The van der Waals surface area contributed by atoms with Crippen LogP contribution in [0.15, 0.2) is 12.1 Å². The molecule has 1 fully saturated rings. The number of fused-ring (bicyclic) bond motifs is 4.